The van der Waals surface area contributed by atoms with Crippen molar-refractivity contribution in [1.82, 2.24) is 14.8 Å². The molecule has 22 heavy (non-hydrogen) atoms. The molecule has 0 saturated carbocycles. The van der Waals surface area contributed by atoms with Gasteiger partial charge in [0.2, 0.25) is 11.8 Å². The number of aromatic nitrogens is 1. The van der Waals surface area contributed by atoms with Gasteiger partial charge in [-0.3, -0.25) is 9.59 Å². The van der Waals surface area contributed by atoms with Gasteiger partial charge in [0, 0.05) is 24.5 Å². The van der Waals surface area contributed by atoms with Gasteiger partial charge in [0.15, 0.2) is 0 Å². The Kier molecular flexibility index (Phi) is 5.56. The second-order valence-electron chi connectivity index (χ2n) is 5.67. The molecule has 1 atom stereocenters. The average Bonchev–Trinajstić information content (AvgIpc) is 3.07. The summed E-state index contributed by atoms with van der Waals surface area (Å²) in [6, 6.07) is -0.285. The summed E-state index contributed by atoms with van der Waals surface area (Å²) in [7, 11) is 0. The maximum absolute atomic E-state index is 12.6. The summed E-state index contributed by atoms with van der Waals surface area (Å²) >= 11 is 1.62. The van der Waals surface area contributed by atoms with E-state index in [9.17, 15) is 9.59 Å². The van der Waals surface area contributed by atoms with Crippen molar-refractivity contribution in [1.29, 1.82) is 0 Å². The second-order valence-corrected chi connectivity index (χ2v) is 7.08. The lowest BCUT2D eigenvalue weighted by atomic mass is 10.1. The second kappa shape index (κ2) is 7.22. The number of thiazole rings is 1. The van der Waals surface area contributed by atoms with Gasteiger partial charge in [0.25, 0.3) is 0 Å². The first kappa shape index (κ1) is 16.9. The molecule has 2 amide bonds. The van der Waals surface area contributed by atoms with Crippen LogP contribution in [0.4, 0.5) is 0 Å². The Bertz CT molecular complexity index is 552. The summed E-state index contributed by atoms with van der Waals surface area (Å²) in [5.74, 6) is 0.110. The predicted octanol–water partition coefficient (Wildman–Crippen LogP) is 2.16. The van der Waals surface area contributed by atoms with E-state index in [0.717, 1.165) is 28.4 Å². The highest BCUT2D eigenvalue weighted by atomic mass is 32.1. The number of aryl methyl sites for hydroxylation is 2. The van der Waals surface area contributed by atoms with Crippen molar-refractivity contribution in [2.75, 3.05) is 19.6 Å². The van der Waals surface area contributed by atoms with E-state index in [1.165, 1.54) is 0 Å². The Morgan fingerprint density at radius 1 is 1.32 bits per heavy atom. The lowest BCUT2D eigenvalue weighted by Crippen LogP contribution is -2.48. The van der Waals surface area contributed by atoms with E-state index in [1.54, 1.807) is 16.2 Å². The fraction of sp³-hybridized carbons (Fsp3) is 0.688. The summed E-state index contributed by atoms with van der Waals surface area (Å²) < 4.78 is 0. The third-order valence-electron chi connectivity index (χ3n) is 4.25. The molecule has 0 radical (unpaired) electrons. The minimum atomic E-state index is -0.285. The van der Waals surface area contributed by atoms with Crippen molar-refractivity contribution in [3.05, 3.63) is 15.6 Å². The highest BCUT2D eigenvalue weighted by Gasteiger charge is 2.36. The Balaban J connectivity index is 2.08. The predicted molar refractivity (Wildman–Crippen MR) is 88.0 cm³/mol. The number of rotatable bonds is 5. The number of likely N-dealkylation sites (tertiary alicyclic amines) is 1. The average molecular weight is 323 g/mol. The Hall–Kier alpha value is -1.43. The van der Waals surface area contributed by atoms with Gasteiger partial charge in [-0.2, -0.15) is 0 Å². The molecule has 1 fully saturated rings. The molecular formula is C16H25N3O2S. The molecule has 0 aromatic carbocycles. The maximum atomic E-state index is 12.6. The smallest absolute Gasteiger partial charge is 0.245 e. The van der Waals surface area contributed by atoms with E-state index in [2.05, 4.69) is 4.98 Å². The van der Waals surface area contributed by atoms with Crippen LogP contribution >= 0.6 is 11.3 Å². The third-order valence-corrected chi connectivity index (χ3v) is 5.18. The van der Waals surface area contributed by atoms with Gasteiger partial charge in [-0.05, 0) is 40.5 Å². The molecule has 122 valence electrons. The Labute approximate surface area is 136 Å². The van der Waals surface area contributed by atoms with Gasteiger partial charge in [-0.25, -0.2) is 4.98 Å². The van der Waals surface area contributed by atoms with Gasteiger partial charge < -0.3 is 9.80 Å². The van der Waals surface area contributed by atoms with Gasteiger partial charge in [0.05, 0.1) is 17.1 Å². The number of amides is 2. The fourth-order valence-electron chi connectivity index (χ4n) is 3.05. The molecule has 1 unspecified atom stereocenters. The first-order valence-corrected chi connectivity index (χ1v) is 8.80. The summed E-state index contributed by atoms with van der Waals surface area (Å²) in [5.41, 5.74) is 0.855. The molecule has 0 aliphatic carbocycles. The van der Waals surface area contributed by atoms with Crippen LogP contribution in [0.3, 0.4) is 0 Å². The molecule has 2 heterocycles. The normalized spacial score (nSPS) is 17.8. The molecule has 5 nitrogen and oxygen atoms in total. The van der Waals surface area contributed by atoms with E-state index in [1.807, 2.05) is 32.6 Å². The van der Waals surface area contributed by atoms with Crippen molar-refractivity contribution in [2.45, 2.75) is 53.0 Å². The highest BCUT2D eigenvalue weighted by Crippen LogP contribution is 2.23. The number of nitrogens with zero attached hydrogens (tertiary/aromatic N) is 3. The molecule has 1 aromatic rings. The largest absolute Gasteiger partial charge is 0.341 e. The van der Waals surface area contributed by atoms with Crippen LogP contribution < -0.4 is 0 Å². The topological polar surface area (TPSA) is 53.5 Å². The number of likely N-dealkylation sites (N-methyl/N-ethyl adjacent to an activating group) is 1. The first-order chi connectivity index (χ1) is 10.5. The summed E-state index contributed by atoms with van der Waals surface area (Å²) in [6.07, 6.45) is 1.98. The zero-order valence-corrected chi connectivity index (χ0v) is 14.7. The Morgan fingerprint density at radius 3 is 2.55 bits per heavy atom. The molecule has 0 N–H and O–H groups in total. The molecule has 1 aliphatic heterocycles. The number of carbonyl (C=O) groups is 2. The van der Waals surface area contributed by atoms with Crippen LogP contribution in [0.15, 0.2) is 0 Å². The van der Waals surface area contributed by atoms with Crippen LogP contribution in [0.5, 0.6) is 0 Å². The molecule has 1 aliphatic rings. The monoisotopic (exact) mass is 323 g/mol. The lowest BCUT2D eigenvalue weighted by Gasteiger charge is -2.29. The fourth-order valence-corrected chi connectivity index (χ4v) is 3.88. The highest BCUT2D eigenvalue weighted by molar-refractivity contribution is 7.11. The van der Waals surface area contributed by atoms with E-state index < -0.39 is 0 Å². The SMILES string of the molecule is CCN(CC)C(=O)C1CCCN1C(=O)Cc1nc(C)sc1C. The van der Waals surface area contributed by atoms with Crippen LogP contribution in [-0.4, -0.2) is 52.3 Å². The van der Waals surface area contributed by atoms with Crippen molar-refractivity contribution in [3.63, 3.8) is 0 Å². The maximum Gasteiger partial charge on any atom is 0.245 e. The number of carbonyl (C=O) groups excluding carboxylic acids is 2. The standard InChI is InChI=1S/C16H25N3O2S/c1-5-18(6-2)16(21)14-8-7-9-19(14)15(20)10-13-11(3)22-12(4)17-13/h14H,5-10H2,1-4H3. The van der Waals surface area contributed by atoms with E-state index in [4.69, 9.17) is 0 Å². The van der Waals surface area contributed by atoms with Gasteiger partial charge in [0.1, 0.15) is 6.04 Å². The molecule has 1 saturated heterocycles. The zero-order valence-electron chi connectivity index (χ0n) is 13.9. The molecule has 0 spiro atoms. The van der Waals surface area contributed by atoms with E-state index >= 15 is 0 Å². The minimum Gasteiger partial charge on any atom is -0.341 e. The van der Waals surface area contributed by atoms with Crippen LogP contribution in [0.1, 0.15) is 42.3 Å². The minimum absolute atomic E-state index is 0.0245. The lowest BCUT2D eigenvalue weighted by molar-refractivity contribution is -0.143. The summed E-state index contributed by atoms with van der Waals surface area (Å²) in [4.78, 5) is 34.3. The molecule has 1 aromatic heterocycles. The van der Waals surface area contributed by atoms with Crippen LogP contribution in [0.25, 0.3) is 0 Å². The van der Waals surface area contributed by atoms with Crippen LogP contribution in [0, 0.1) is 13.8 Å². The number of hydrogen-bond donors (Lipinski definition) is 0. The van der Waals surface area contributed by atoms with E-state index in [-0.39, 0.29) is 17.9 Å². The van der Waals surface area contributed by atoms with Crippen LogP contribution in [-0.2, 0) is 16.0 Å². The molecule has 6 heteroatoms. The van der Waals surface area contributed by atoms with Crippen molar-refractivity contribution in [3.8, 4) is 0 Å². The number of hydrogen-bond acceptors (Lipinski definition) is 4. The van der Waals surface area contributed by atoms with Gasteiger partial charge in [-0.15, -0.1) is 11.3 Å². The van der Waals surface area contributed by atoms with Crippen LogP contribution in [0.2, 0.25) is 0 Å². The quantitative estimate of drug-likeness (QED) is 0.834. The molecular weight excluding hydrogens is 298 g/mol. The van der Waals surface area contributed by atoms with Gasteiger partial charge >= 0.3 is 0 Å². The first-order valence-electron chi connectivity index (χ1n) is 7.99. The summed E-state index contributed by atoms with van der Waals surface area (Å²) in [5, 5.41) is 0.984. The summed E-state index contributed by atoms with van der Waals surface area (Å²) in [6.45, 7) is 9.97. The van der Waals surface area contributed by atoms with E-state index in [0.29, 0.717) is 26.1 Å². The molecule has 0 bridgehead atoms. The zero-order chi connectivity index (χ0) is 16.3. The van der Waals surface area contributed by atoms with Crippen molar-refractivity contribution < 1.29 is 9.59 Å². The Morgan fingerprint density at radius 2 is 2.00 bits per heavy atom. The third kappa shape index (κ3) is 3.48. The van der Waals surface area contributed by atoms with Crippen molar-refractivity contribution in [2.24, 2.45) is 0 Å². The molecule has 2 rings (SSSR count). The van der Waals surface area contributed by atoms with Gasteiger partial charge in [-0.1, -0.05) is 0 Å². The van der Waals surface area contributed by atoms with Crippen molar-refractivity contribution >= 4 is 23.2 Å².